The third-order valence-electron chi connectivity index (χ3n) is 6.00. The van der Waals surface area contributed by atoms with Crippen molar-refractivity contribution in [2.24, 2.45) is 0 Å². The first-order valence-corrected chi connectivity index (χ1v) is 10.8. The van der Waals surface area contributed by atoms with Gasteiger partial charge in [0.2, 0.25) is 5.91 Å². The zero-order valence-electron chi connectivity index (χ0n) is 18.0. The number of fused-ring (bicyclic) bond motifs is 1. The quantitative estimate of drug-likeness (QED) is 0.774. The minimum atomic E-state index is -0.742. The Morgan fingerprint density at radius 3 is 2.52 bits per heavy atom. The van der Waals surface area contributed by atoms with E-state index in [1.165, 1.54) is 6.92 Å². The van der Waals surface area contributed by atoms with E-state index in [1.807, 2.05) is 30.3 Å². The number of benzene rings is 2. The first kappa shape index (κ1) is 21.2. The van der Waals surface area contributed by atoms with E-state index in [0.717, 1.165) is 37.2 Å². The molecule has 7 heteroatoms. The van der Waals surface area contributed by atoms with Crippen LogP contribution in [0.25, 0.3) is 0 Å². The van der Waals surface area contributed by atoms with Gasteiger partial charge in [0, 0.05) is 13.5 Å². The van der Waals surface area contributed by atoms with Crippen LogP contribution in [-0.4, -0.2) is 56.1 Å². The number of hydrogen-bond donors (Lipinski definition) is 1. The van der Waals surface area contributed by atoms with Crippen molar-refractivity contribution in [3.8, 4) is 11.5 Å². The molecule has 2 atom stereocenters. The molecule has 1 saturated heterocycles. The molecule has 7 nitrogen and oxygen atoms in total. The van der Waals surface area contributed by atoms with E-state index in [9.17, 15) is 9.59 Å². The summed E-state index contributed by atoms with van der Waals surface area (Å²) in [5, 5.41) is 3.07. The van der Waals surface area contributed by atoms with E-state index < -0.39 is 6.10 Å². The van der Waals surface area contributed by atoms with Gasteiger partial charge in [-0.15, -0.1) is 0 Å². The number of methoxy groups -OCH3 is 1. The monoisotopic (exact) mass is 423 g/mol. The lowest BCUT2D eigenvalue weighted by Gasteiger charge is -2.34. The summed E-state index contributed by atoms with van der Waals surface area (Å²) >= 11 is 0. The minimum absolute atomic E-state index is 0.0807. The van der Waals surface area contributed by atoms with Gasteiger partial charge >= 0.3 is 0 Å². The van der Waals surface area contributed by atoms with Crippen molar-refractivity contribution < 1.29 is 19.1 Å². The molecule has 2 aliphatic rings. The van der Waals surface area contributed by atoms with Crippen molar-refractivity contribution in [1.82, 2.24) is 10.2 Å². The smallest absolute Gasteiger partial charge is 0.263 e. The molecule has 1 fully saturated rings. The van der Waals surface area contributed by atoms with Crippen molar-refractivity contribution >= 4 is 17.5 Å². The largest absolute Gasteiger partial charge is 0.497 e. The molecule has 0 saturated carbocycles. The van der Waals surface area contributed by atoms with Gasteiger partial charge in [0.1, 0.15) is 11.5 Å². The standard InChI is InChI=1S/C24H29N3O4/c1-17(28)27-16-23(31-22-8-4-3-7-20(22)27)24(29)25-15-21(26-13-5-6-14-26)18-9-11-19(30-2)12-10-18/h3-4,7-12,21,23H,5-6,13-16H2,1-2H3,(H,25,29)/t21-,23+/m1/s1. The van der Waals surface area contributed by atoms with E-state index >= 15 is 0 Å². The number of rotatable bonds is 6. The molecule has 4 rings (SSSR count). The molecule has 0 bridgehead atoms. The van der Waals surface area contributed by atoms with E-state index in [4.69, 9.17) is 9.47 Å². The fraction of sp³-hybridized carbons (Fsp3) is 0.417. The van der Waals surface area contributed by atoms with Gasteiger partial charge in [-0.2, -0.15) is 0 Å². The van der Waals surface area contributed by atoms with Crippen LogP contribution >= 0.6 is 0 Å². The molecule has 164 valence electrons. The summed E-state index contributed by atoms with van der Waals surface area (Å²) in [4.78, 5) is 29.1. The van der Waals surface area contributed by atoms with Gasteiger partial charge in [-0.25, -0.2) is 0 Å². The highest BCUT2D eigenvalue weighted by Crippen LogP contribution is 2.33. The Kier molecular flexibility index (Phi) is 6.42. The van der Waals surface area contributed by atoms with Crippen molar-refractivity contribution in [3.63, 3.8) is 0 Å². The topological polar surface area (TPSA) is 71.1 Å². The van der Waals surface area contributed by atoms with Gasteiger partial charge in [0.15, 0.2) is 6.10 Å². The summed E-state index contributed by atoms with van der Waals surface area (Å²) in [7, 11) is 1.65. The summed E-state index contributed by atoms with van der Waals surface area (Å²) in [5.41, 5.74) is 1.84. The van der Waals surface area contributed by atoms with Crippen LogP contribution in [0.4, 0.5) is 5.69 Å². The Morgan fingerprint density at radius 1 is 1.13 bits per heavy atom. The molecule has 31 heavy (non-hydrogen) atoms. The predicted molar refractivity (Wildman–Crippen MR) is 118 cm³/mol. The summed E-state index contributed by atoms with van der Waals surface area (Å²) in [6.07, 6.45) is 1.59. The first-order valence-electron chi connectivity index (χ1n) is 10.8. The van der Waals surface area contributed by atoms with Gasteiger partial charge < -0.3 is 19.7 Å². The average molecular weight is 424 g/mol. The molecule has 2 aromatic carbocycles. The Bertz CT molecular complexity index is 925. The highest BCUT2D eigenvalue weighted by molar-refractivity contribution is 5.95. The fourth-order valence-electron chi connectivity index (χ4n) is 4.32. The molecular weight excluding hydrogens is 394 g/mol. The second kappa shape index (κ2) is 9.39. The molecule has 1 N–H and O–H groups in total. The van der Waals surface area contributed by atoms with Gasteiger partial charge in [0.05, 0.1) is 25.4 Å². The van der Waals surface area contributed by atoms with Crippen LogP contribution in [-0.2, 0) is 9.59 Å². The maximum Gasteiger partial charge on any atom is 0.263 e. The van der Waals surface area contributed by atoms with Crippen LogP contribution in [0.2, 0.25) is 0 Å². The molecule has 0 radical (unpaired) electrons. The summed E-state index contributed by atoms with van der Waals surface area (Å²) < 4.78 is 11.2. The zero-order chi connectivity index (χ0) is 21.8. The number of carbonyl (C=O) groups excluding carboxylic acids is 2. The highest BCUT2D eigenvalue weighted by Gasteiger charge is 2.33. The lowest BCUT2D eigenvalue weighted by atomic mass is 10.0. The van der Waals surface area contributed by atoms with Crippen LogP contribution < -0.4 is 19.7 Å². The maximum absolute atomic E-state index is 13.0. The number of nitrogens with one attached hydrogen (secondary N) is 1. The van der Waals surface area contributed by atoms with Gasteiger partial charge in [0.25, 0.3) is 5.91 Å². The second-order valence-electron chi connectivity index (χ2n) is 7.98. The third-order valence-corrected chi connectivity index (χ3v) is 6.00. The minimum Gasteiger partial charge on any atom is -0.497 e. The number of carbonyl (C=O) groups is 2. The van der Waals surface area contributed by atoms with Crippen molar-refractivity contribution in [2.75, 3.05) is 38.2 Å². The molecular formula is C24H29N3O4. The van der Waals surface area contributed by atoms with Crippen LogP contribution in [0.5, 0.6) is 11.5 Å². The Balaban J connectivity index is 1.47. The van der Waals surface area contributed by atoms with E-state index in [0.29, 0.717) is 18.0 Å². The van der Waals surface area contributed by atoms with Crippen molar-refractivity contribution in [1.29, 1.82) is 0 Å². The number of likely N-dealkylation sites (tertiary alicyclic amines) is 1. The van der Waals surface area contributed by atoms with E-state index in [2.05, 4.69) is 22.3 Å². The number of anilines is 1. The van der Waals surface area contributed by atoms with Gasteiger partial charge in [-0.3, -0.25) is 14.5 Å². The van der Waals surface area contributed by atoms with Crippen molar-refractivity contribution in [2.45, 2.75) is 31.9 Å². The lowest BCUT2D eigenvalue weighted by Crippen LogP contribution is -2.51. The summed E-state index contributed by atoms with van der Waals surface area (Å²) in [6, 6.07) is 15.4. The lowest BCUT2D eigenvalue weighted by molar-refractivity contribution is -0.128. The number of amides is 2. The van der Waals surface area contributed by atoms with E-state index in [-0.39, 0.29) is 24.4 Å². The van der Waals surface area contributed by atoms with E-state index in [1.54, 1.807) is 18.1 Å². The third kappa shape index (κ3) is 4.66. The first-order chi connectivity index (χ1) is 15.1. The number of nitrogens with zero attached hydrogens (tertiary/aromatic N) is 2. The maximum atomic E-state index is 13.0. The molecule has 0 aliphatic carbocycles. The second-order valence-corrected chi connectivity index (χ2v) is 7.98. The van der Waals surface area contributed by atoms with Gasteiger partial charge in [-0.05, 0) is 55.8 Å². The Labute approximate surface area is 182 Å². The number of hydrogen-bond acceptors (Lipinski definition) is 5. The van der Waals surface area contributed by atoms with Crippen LogP contribution in [0, 0.1) is 0 Å². The number of para-hydroxylation sites is 2. The molecule has 2 aliphatic heterocycles. The Hall–Kier alpha value is -3.06. The molecule has 0 aromatic heterocycles. The van der Waals surface area contributed by atoms with Gasteiger partial charge in [-0.1, -0.05) is 24.3 Å². The fourth-order valence-corrected chi connectivity index (χ4v) is 4.32. The molecule has 2 aromatic rings. The normalized spacial score (nSPS) is 19.3. The van der Waals surface area contributed by atoms with Crippen LogP contribution in [0.3, 0.4) is 0 Å². The molecule has 0 unspecified atom stereocenters. The predicted octanol–water partition coefficient (Wildman–Crippen LogP) is 2.76. The SMILES string of the molecule is COc1ccc([C@@H](CNC(=O)[C@@H]2CN(C(C)=O)c3ccccc3O2)N2CCCC2)cc1. The summed E-state index contributed by atoms with van der Waals surface area (Å²) in [6.45, 7) is 4.21. The van der Waals surface area contributed by atoms with Crippen molar-refractivity contribution in [3.05, 3.63) is 54.1 Å². The molecule has 2 amide bonds. The molecule has 2 heterocycles. The molecule has 0 spiro atoms. The van der Waals surface area contributed by atoms with Crippen LogP contribution in [0.1, 0.15) is 31.4 Å². The number of ether oxygens (including phenoxy) is 2. The summed E-state index contributed by atoms with van der Waals surface area (Å²) in [5.74, 6) is 1.04. The average Bonchev–Trinajstić information content (AvgIpc) is 3.33. The Morgan fingerprint density at radius 2 is 1.84 bits per heavy atom. The highest BCUT2D eigenvalue weighted by atomic mass is 16.5. The van der Waals surface area contributed by atoms with Crippen LogP contribution in [0.15, 0.2) is 48.5 Å². The zero-order valence-corrected chi connectivity index (χ0v) is 18.0.